The minimum atomic E-state index is 0.417. The Morgan fingerprint density at radius 1 is 1.14 bits per heavy atom. The summed E-state index contributed by atoms with van der Waals surface area (Å²) in [4.78, 5) is 2.45. The summed E-state index contributed by atoms with van der Waals surface area (Å²) in [5.74, 6) is 0.929. The molecule has 0 unspecified atom stereocenters. The Labute approximate surface area is 135 Å². The van der Waals surface area contributed by atoms with E-state index in [4.69, 9.17) is 15.2 Å². The molecule has 1 aromatic carbocycles. The van der Waals surface area contributed by atoms with E-state index >= 15 is 0 Å². The van der Waals surface area contributed by atoms with Crippen LogP contribution < -0.4 is 10.5 Å². The minimum Gasteiger partial charge on any atom is -0.492 e. The predicted molar refractivity (Wildman–Crippen MR) is 88.7 cm³/mol. The van der Waals surface area contributed by atoms with E-state index in [2.05, 4.69) is 20.8 Å². The van der Waals surface area contributed by atoms with Crippen LogP contribution >= 0.6 is 15.9 Å². The van der Waals surface area contributed by atoms with Crippen LogP contribution in [0.5, 0.6) is 5.75 Å². The summed E-state index contributed by atoms with van der Waals surface area (Å²) < 4.78 is 12.7. The Morgan fingerprint density at radius 2 is 1.86 bits per heavy atom. The average Bonchev–Trinajstić information content (AvgIpc) is 2.51. The first-order valence-corrected chi connectivity index (χ1v) is 8.49. The Kier molecular flexibility index (Phi) is 7.50. The quantitative estimate of drug-likeness (QED) is 0.727. The maximum Gasteiger partial charge on any atom is 0.119 e. The van der Waals surface area contributed by atoms with Gasteiger partial charge in [0, 0.05) is 30.7 Å². The van der Waals surface area contributed by atoms with Gasteiger partial charge in [0.05, 0.1) is 6.10 Å². The van der Waals surface area contributed by atoms with Gasteiger partial charge in [0.25, 0.3) is 0 Å². The van der Waals surface area contributed by atoms with Gasteiger partial charge >= 0.3 is 0 Å². The molecular formula is C16H25BrN2O2. The molecule has 0 aliphatic carbocycles. The highest BCUT2D eigenvalue weighted by molar-refractivity contribution is 9.10. The first-order chi connectivity index (χ1) is 10.3. The van der Waals surface area contributed by atoms with Crippen molar-refractivity contribution in [3.63, 3.8) is 0 Å². The molecule has 0 bridgehead atoms. The molecule has 1 aliphatic rings. The normalized spacial score (nSPS) is 17.0. The van der Waals surface area contributed by atoms with E-state index in [0.717, 1.165) is 62.3 Å². The second-order valence-electron chi connectivity index (χ2n) is 5.36. The Morgan fingerprint density at radius 3 is 2.52 bits per heavy atom. The summed E-state index contributed by atoms with van der Waals surface area (Å²) >= 11 is 3.42. The number of nitrogens with zero attached hydrogens (tertiary/aromatic N) is 1. The number of hydrogen-bond acceptors (Lipinski definition) is 4. The molecular weight excluding hydrogens is 332 g/mol. The molecule has 0 amide bonds. The summed E-state index contributed by atoms with van der Waals surface area (Å²) in [6, 6.07) is 7.97. The molecule has 1 aliphatic heterocycles. The fraction of sp³-hybridized carbons (Fsp3) is 0.625. The number of likely N-dealkylation sites (tertiary alicyclic amines) is 1. The molecule has 0 radical (unpaired) electrons. The second kappa shape index (κ2) is 9.41. The lowest BCUT2D eigenvalue weighted by molar-refractivity contribution is 0.00516. The zero-order chi connectivity index (χ0) is 14.9. The van der Waals surface area contributed by atoms with Crippen LogP contribution in [0.3, 0.4) is 0 Å². The molecule has 4 nitrogen and oxygen atoms in total. The van der Waals surface area contributed by atoms with Crippen molar-refractivity contribution in [3.05, 3.63) is 28.7 Å². The van der Waals surface area contributed by atoms with Crippen LogP contribution in [0.25, 0.3) is 0 Å². The van der Waals surface area contributed by atoms with Gasteiger partial charge in [-0.05, 0) is 50.1 Å². The Bertz CT molecular complexity index is 392. The van der Waals surface area contributed by atoms with Crippen LogP contribution in [0.2, 0.25) is 0 Å². The van der Waals surface area contributed by atoms with Gasteiger partial charge in [-0.2, -0.15) is 0 Å². The van der Waals surface area contributed by atoms with Crippen molar-refractivity contribution >= 4 is 15.9 Å². The molecule has 1 heterocycles. The van der Waals surface area contributed by atoms with Gasteiger partial charge < -0.3 is 15.2 Å². The zero-order valence-electron chi connectivity index (χ0n) is 12.5. The molecule has 1 aromatic rings. The number of hydrogen-bond donors (Lipinski definition) is 1. The van der Waals surface area contributed by atoms with E-state index in [0.29, 0.717) is 12.6 Å². The third-order valence-corrected chi connectivity index (χ3v) is 4.26. The smallest absolute Gasteiger partial charge is 0.119 e. The van der Waals surface area contributed by atoms with Crippen LogP contribution in [-0.2, 0) is 4.74 Å². The molecule has 1 saturated heterocycles. The van der Waals surface area contributed by atoms with Gasteiger partial charge in [-0.1, -0.05) is 15.9 Å². The van der Waals surface area contributed by atoms with Crippen LogP contribution in [-0.4, -0.2) is 50.4 Å². The van der Waals surface area contributed by atoms with Gasteiger partial charge in [0.1, 0.15) is 12.4 Å². The third-order valence-electron chi connectivity index (χ3n) is 3.73. The lowest BCUT2D eigenvalue weighted by atomic mass is 10.1. The molecule has 0 aromatic heterocycles. The molecule has 118 valence electrons. The molecule has 2 rings (SSSR count). The monoisotopic (exact) mass is 356 g/mol. The highest BCUT2D eigenvalue weighted by Gasteiger charge is 2.19. The van der Waals surface area contributed by atoms with Gasteiger partial charge in [-0.3, -0.25) is 4.90 Å². The van der Waals surface area contributed by atoms with E-state index in [9.17, 15) is 0 Å². The van der Waals surface area contributed by atoms with Crippen molar-refractivity contribution in [3.8, 4) is 5.75 Å². The first kappa shape index (κ1) is 16.7. The van der Waals surface area contributed by atoms with Gasteiger partial charge in [-0.15, -0.1) is 0 Å². The van der Waals surface area contributed by atoms with Crippen molar-refractivity contribution in [2.45, 2.75) is 25.4 Å². The third kappa shape index (κ3) is 6.34. The van der Waals surface area contributed by atoms with Crippen LogP contribution in [0.15, 0.2) is 28.7 Å². The summed E-state index contributed by atoms with van der Waals surface area (Å²) in [5, 5.41) is 0. The largest absolute Gasteiger partial charge is 0.492 e. The highest BCUT2D eigenvalue weighted by atomic mass is 79.9. The fourth-order valence-electron chi connectivity index (χ4n) is 2.46. The summed E-state index contributed by atoms with van der Waals surface area (Å²) in [6.07, 6.45) is 3.60. The minimum absolute atomic E-state index is 0.417. The maximum atomic E-state index is 5.81. The molecule has 5 heteroatoms. The Hall–Kier alpha value is -0.620. The highest BCUT2D eigenvalue weighted by Crippen LogP contribution is 2.17. The molecule has 0 saturated carbocycles. The van der Waals surface area contributed by atoms with Crippen molar-refractivity contribution in [1.82, 2.24) is 4.90 Å². The van der Waals surface area contributed by atoms with Gasteiger partial charge in [0.2, 0.25) is 0 Å². The second-order valence-corrected chi connectivity index (χ2v) is 6.27. The number of ether oxygens (including phenoxy) is 2. The number of nitrogens with two attached hydrogens (primary N) is 1. The van der Waals surface area contributed by atoms with E-state index < -0.39 is 0 Å². The van der Waals surface area contributed by atoms with Crippen LogP contribution in [0.4, 0.5) is 0 Å². The van der Waals surface area contributed by atoms with Crippen molar-refractivity contribution in [2.24, 2.45) is 5.73 Å². The lowest BCUT2D eigenvalue weighted by Crippen LogP contribution is -2.39. The zero-order valence-corrected chi connectivity index (χ0v) is 14.1. The molecule has 21 heavy (non-hydrogen) atoms. The van der Waals surface area contributed by atoms with Crippen LogP contribution in [0.1, 0.15) is 19.3 Å². The van der Waals surface area contributed by atoms with Crippen LogP contribution in [0, 0.1) is 0 Å². The van der Waals surface area contributed by atoms with Gasteiger partial charge in [-0.25, -0.2) is 0 Å². The van der Waals surface area contributed by atoms with Gasteiger partial charge in [0.15, 0.2) is 0 Å². The molecule has 0 spiro atoms. The van der Waals surface area contributed by atoms with E-state index in [-0.39, 0.29) is 0 Å². The number of piperidine rings is 1. The van der Waals surface area contributed by atoms with Crippen molar-refractivity contribution in [1.29, 1.82) is 0 Å². The first-order valence-electron chi connectivity index (χ1n) is 7.70. The SMILES string of the molecule is NCCCOC1CCN(CCOc2ccc(Br)cc2)CC1. The summed E-state index contributed by atoms with van der Waals surface area (Å²) in [7, 11) is 0. The topological polar surface area (TPSA) is 47.7 Å². The standard InChI is InChI=1S/C16H25BrN2O2/c17-14-2-4-15(5-3-14)21-13-11-19-9-6-16(7-10-19)20-12-1-8-18/h2-5,16H,1,6-13,18H2. The van der Waals surface area contributed by atoms with E-state index in [1.54, 1.807) is 0 Å². The molecule has 1 fully saturated rings. The number of halogens is 1. The van der Waals surface area contributed by atoms with Crippen molar-refractivity contribution < 1.29 is 9.47 Å². The number of benzene rings is 1. The summed E-state index contributed by atoms with van der Waals surface area (Å²) in [5.41, 5.74) is 5.47. The number of rotatable bonds is 8. The van der Waals surface area contributed by atoms with E-state index in [1.165, 1.54) is 0 Å². The molecule has 2 N–H and O–H groups in total. The van der Waals surface area contributed by atoms with E-state index in [1.807, 2.05) is 24.3 Å². The average molecular weight is 357 g/mol. The fourth-order valence-corrected chi connectivity index (χ4v) is 2.72. The van der Waals surface area contributed by atoms with Crippen molar-refractivity contribution in [2.75, 3.05) is 39.4 Å². The molecule has 0 atom stereocenters. The lowest BCUT2D eigenvalue weighted by Gasteiger charge is -2.31. The maximum absolute atomic E-state index is 5.81. The summed E-state index contributed by atoms with van der Waals surface area (Å²) in [6.45, 7) is 5.42. The predicted octanol–water partition coefficient (Wildman–Crippen LogP) is 2.66. The Balaban J connectivity index is 1.57.